The minimum Gasteiger partial charge on any atom is -0.462 e. The number of aromatic nitrogens is 1. The highest BCUT2D eigenvalue weighted by atomic mass is 19.4. The Morgan fingerprint density at radius 3 is 2.44 bits per heavy atom. The Morgan fingerprint density at radius 2 is 1.84 bits per heavy atom. The Balaban J connectivity index is 1.46. The maximum absolute atomic E-state index is 13.8. The van der Waals surface area contributed by atoms with E-state index in [1.54, 1.807) is 6.07 Å². The molecule has 4 rings (SSSR count). The second kappa shape index (κ2) is 13.2. The van der Waals surface area contributed by atoms with Crippen molar-refractivity contribution in [1.29, 1.82) is 0 Å². The predicted octanol–water partition coefficient (Wildman–Crippen LogP) is 4.26. The van der Waals surface area contributed by atoms with Crippen LogP contribution in [-0.2, 0) is 31.7 Å². The van der Waals surface area contributed by atoms with Crippen LogP contribution < -0.4 is 11.1 Å². The summed E-state index contributed by atoms with van der Waals surface area (Å²) in [4.78, 5) is 50.4. The first-order valence-corrected chi connectivity index (χ1v) is 14.3. The SMILES string of the molecule is CC(=O)OC(CC(=O)O[C@H]1CC[C@H](Nc2cc(-n3cc(C(F)(F)F)c4c3CCCC4=O)ccc2C(N)=O)CC1)CN(C)C. The number of Topliss-reactive ketones (excluding diaryl/α,β-unsaturated/α-hetero) is 1. The van der Waals surface area contributed by atoms with E-state index in [-0.39, 0.29) is 36.1 Å². The van der Waals surface area contributed by atoms with Gasteiger partial charge in [0.25, 0.3) is 5.91 Å². The van der Waals surface area contributed by atoms with Crippen LogP contribution in [0.4, 0.5) is 18.9 Å². The number of fused-ring (bicyclic) bond motifs is 1. The van der Waals surface area contributed by atoms with Gasteiger partial charge in [0, 0.05) is 49.2 Å². The third kappa shape index (κ3) is 7.95. The number of nitrogens with zero attached hydrogens (tertiary/aromatic N) is 2. The average molecular weight is 607 g/mol. The summed E-state index contributed by atoms with van der Waals surface area (Å²) in [5.41, 5.74) is 5.57. The van der Waals surface area contributed by atoms with E-state index < -0.39 is 41.5 Å². The third-order valence-corrected chi connectivity index (χ3v) is 7.68. The number of nitrogens with one attached hydrogen (secondary N) is 1. The van der Waals surface area contributed by atoms with Crippen LogP contribution >= 0.6 is 0 Å². The van der Waals surface area contributed by atoms with Crippen LogP contribution in [0.2, 0.25) is 0 Å². The lowest BCUT2D eigenvalue weighted by molar-refractivity contribution is -0.158. The van der Waals surface area contributed by atoms with Crippen molar-refractivity contribution in [2.45, 2.75) is 82.7 Å². The summed E-state index contributed by atoms with van der Waals surface area (Å²) in [6.45, 7) is 1.67. The number of carbonyl (C=O) groups is 4. The molecule has 2 aliphatic rings. The molecule has 1 fully saturated rings. The number of benzene rings is 1. The van der Waals surface area contributed by atoms with Crippen LogP contribution in [0.3, 0.4) is 0 Å². The number of hydrogen-bond donors (Lipinski definition) is 2. The molecule has 234 valence electrons. The fourth-order valence-corrected chi connectivity index (χ4v) is 5.86. The summed E-state index contributed by atoms with van der Waals surface area (Å²) in [6.07, 6.45) is -1.64. The van der Waals surface area contributed by atoms with E-state index in [9.17, 15) is 32.3 Å². The van der Waals surface area contributed by atoms with Gasteiger partial charge in [-0.15, -0.1) is 0 Å². The van der Waals surface area contributed by atoms with Gasteiger partial charge in [-0.2, -0.15) is 13.2 Å². The number of halogens is 3. The number of ketones is 1. The number of anilines is 1. The van der Waals surface area contributed by atoms with E-state index in [0.717, 1.165) is 6.20 Å². The molecule has 0 saturated heterocycles. The molecule has 1 amide bonds. The summed E-state index contributed by atoms with van der Waals surface area (Å²) in [5, 5.41) is 3.31. The zero-order valence-corrected chi connectivity index (χ0v) is 24.5. The molecule has 10 nitrogen and oxygen atoms in total. The van der Waals surface area contributed by atoms with Crippen LogP contribution in [0, 0.1) is 0 Å². The smallest absolute Gasteiger partial charge is 0.418 e. The second-order valence-electron chi connectivity index (χ2n) is 11.4. The fourth-order valence-electron chi connectivity index (χ4n) is 5.86. The van der Waals surface area contributed by atoms with Gasteiger partial charge < -0.3 is 30.0 Å². The lowest BCUT2D eigenvalue weighted by atomic mass is 9.92. The van der Waals surface area contributed by atoms with E-state index in [0.29, 0.717) is 62.1 Å². The number of primary amides is 1. The minimum absolute atomic E-state index is 0.0601. The Morgan fingerprint density at radius 1 is 1.14 bits per heavy atom. The maximum Gasteiger partial charge on any atom is 0.418 e. The fraction of sp³-hybridized carbons (Fsp3) is 0.533. The molecule has 1 unspecified atom stereocenters. The third-order valence-electron chi connectivity index (χ3n) is 7.68. The summed E-state index contributed by atoms with van der Waals surface area (Å²) in [5.74, 6) is -2.16. The van der Waals surface area contributed by atoms with Gasteiger partial charge in [0.05, 0.1) is 23.1 Å². The molecule has 0 radical (unpaired) electrons. The second-order valence-corrected chi connectivity index (χ2v) is 11.4. The molecule has 1 heterocycles. The number of alkyl halides is 3. The molecule has 1 saturated carbocycles. The summed E-state index contributed by atoms with van der Waals surface area (Å²) in [6, 6.07) is 4.44. The molecule has 0 bridgehead atoms. The maximum atomic E-state index is 13.8. The van der Waals surface area contributed by atoms with Crippen molar-refractivity contribution in [3.05, 3.63) is 46.8 Å². The molecular weight excluding hydrogens is 569 g/mol. The van der Waals surface area contributed by atoms with E-state index in [1.807, 2.05) is 19.0 Å². The van der Waals surface area contributed by atoms with Gasteiger partial charge in [-0.1, -0.05) is 0 Å². The van der Waals surface area contributed by atoms with Crippen molar-refractivity contribution in [2.24, 2.45) is 5.73 Å². The number of rotatable bonds is 10. The van der Waals surface area contributed by atoms with Crippen LogP contribution in [0.1, 0.15) is 83.8 Å². The van der Waals surface area contributed by atoms with Gasteiger partial charge in [0.15, 0.2) is 5.78 Å². The summed E-state index contributed by atoms with van der Waals surface area (Å²) >= 11 is 0. The van der Waals surface area contributed by atoms with E-state index in [1.165, 1.54) is 23.6 Å². The Bertz CT molecular complexity index is 1380. The monoisotopic (exact) mass is 606 g/mol. The zero-order valence-electron chi connectivity index (χ0n) is 24.5. The van der Waals surface area contributed by atoms with Crippen molar-refractivity contribution >= 4 is 29.3 Å². The lowest BCUT2D eigenvalue weighted by Gasteiger charge is -2.30. The van der Waals surface area contributed by atoms with Gasteiger partial charge in [-0.05, 0) is 70.8 Å². The minimum atomic E-state index is -4.69. The van der Waals surface area contributed by atoms with Crippen molar-refractivity contribution in [3.63, 3.8) is 0 Å². The molecule has 1 atom stereocenters. The molecular formula is C30H37F3N4O6. The van der Waals surface area contributed by atoms with Crippen LogP contribution in [0.25, 0.3) is 5.69 Å². The first kappa shape index (κ1) is 32.1. The number of hydrogen-bond acceptors (Lipinski definition) is 8. The van der Waals surface area contributed by atoms with Gasteiger partial charge in [-0.3, -0.25) is 19.2 Å². The number of ether oxygens (including phenoxy) is 2. The summed E-state index contributed by atoms with van der Waals surface area (Å²) < 4.78 is 53.7. The molecule has 43 heavy (non-hydrogen) atoms. The highest BCUT2D eigenvalue weighted by molar-refractivity contribution is 6.00. The Labute approximate surface area is 247 Å². The highest BCUT2D eigenvalue weighted by Gasteiger charge is 2.40. The van der Waals surface area contributed by atoms with Crippen LogP contribution in [-0.4, -0.2) is 72.0 Å². The predicted molar refractivity (Wildman–Crippen MR) is 151 cm³/mol. The number of carbonyl (C=O) groups excluding carboxylic acids is 4. The van der Waals surface area contributed by atoms with E-state index in [4.69, 9.17) is 15.2 Å². The Hall–Kier alpha value is -3.87. The molecule has 1 aromatic carbocycles. The lowest BCUT2D eigenvalue weighted by Crippen LogP contribution is -2.35. The Kier molecular flexibility index (Phi) is 9.83. The van der Waals surface area contributed by atoms with Crippen molar-refractivity contribution in [2.75, 3.05) is 26.0 Å². The molecule has 0 aliphatic heterocycles. The summed E-state index contributed by atoms with van der Waals surface area (Å²) in [7, 11) is 3.62. The van der Waals surface area contributed by atoms with E-state index in [2.05, 4.69) is 5.32 Å². The topological polar surface area (TPSA) is 133 Å². The highest BCUT2D eigenvalue weighted by Crippen LogP contribution is 2.39. The van der Waals surface area contributed by atoms with Crippen LogP contribution in [0.5, 0.6) is 0 Å². The van der Waals surface area contributed by atoms with Crippen molar-refractivity contribution < 1.29 is 41.8 Å². The molecule has 3 N–H and O–H groups in total. The normalized spacial score (nSPS) is 19.5. The molecule has 2 aliphatic carbocycles. The van der Waals surface area contributed by atoms with Crippen molar-refractivity contribution in [3.8, 4) is 5.69 Å². The quantitative estimate of drug-likeness (QED) is 0.384. The molecule has 13 heteroatoms. The van der Waals surface area contributed by atoms with Gasteiger partial charge in [0.2, 0.25) is 0 Å². The number of amides is 1. The zero-order chi connectivity index (χ0) is 31.5. The number of likely N-dealkylation sites (N-methyl/N-ethyl adjacent to an activating group) is 1. The molecule has 2 aromatic rings. The van der Waals surface area contributed by atoms with Gasteiger partial charge in [-0.25, -0.2) is 0 Å². The number of nitrogens with two attached hydrogens (primary N) is 1. The largest absolute Gasteiger partial charge is 0.462 e. The molecule has 0 spiro atoms. The van der Waals surface area contributed by atoms with Gasteiger partial charge in [0.1, 0.15) is 12.2 Å². The van der Waals surface area contributed by atoms with Gasteiger partial charge >= 0.3 is 18.1 Å². The van der Waals surface area contributed by atoms with Crippen molar-refractivity contribution in [1.82, 2.24) is 9.47 Å². The number of esters is 2. The van der Waals surface area contributed by atoms with Crippen LogP contribution in [0.15, 0.2) is 24.4 Å². The standard InChI is InChI=1S/C30H37F3N4O6/c1-17(38)42-21(15-36(2)3)14-27(40)43-20-10-7-18(8-11-20)35-24-13-19(9-12-22(24)29(34)41)37-16-23(30(31,32)33)28-25(37)5-4-6-26(28)39/h9,12-13,16,18,20-21,35H,4-8,10-11,14-15H2,1-3H3,(H2,34,41)/t18-,20-,21?. The van der Waals surface area contributed by atoms with E-state index >= 15 is 0 Å². The first-order valence-electron chi connectivity index (χ1n) is 14.3. The first-order chi connectivity index (χ1) is 20.2. The average Bonchev–Trinajstić information content (AvgIpc) is 3.30. The molecule has 1 aromatic heterocycles.